The Kier molecular flexibility index (Phi) is 3.51. The number of hydrogen-bond donors (Lipinski definition) is 1. The third kappa shape index (κ3) is 2.14. The highest BCUT2D eigenvalue weighted by Gasteiger charge is 2.35. The molecule has 1 atom stereocenters. The van der Waals surface area contributed by atoms with Crippen molar-refractivity contribution in [2.75, 3.05) is 6.61 Å². The van der Waals surface area contributed by atoms with Gasteiger partial charge in [0.15, 0.2) is 5.41 Å². The highest BCUT2D eigenvalue weighted by molar-refractivity contribution is 5.84. The number of rotatable bonds is 4. The second kappa shape index (κ2) is 4.67. The van der Waals surface area contributed by atoms with Crippen LogP contribution in [0.4, 0.5) is 0 Å². The molecule has 1 unspecified atom stereocenters. The summed E-state index contributed by atoms with van der Waals surface area (Å²) in [5.41, 5.74) is -1.06. The van der Waals surface area contributed by atoms with Crippen LogP contribution in [-0.2, 0) is 10.2 Å². The third-order valence-corrected chi connectivity index (χ3v) is 2.39. The first-order valence-electron chi connectivity index (χ1n) is 4.92. The monoisotopic (exact) mass is 219 g/mol. The molecule has 0 saturated carbocycles. The van der Waals surface area contributed by atoms with Crippen LogP contribution < -0.4 is 4.74 Å². The summed E-state index contributed by atoms with van der Waals surface area (Å²) in [5.74, 6) is -0.490. The van der Waals surface area contributed by atoms with Gasteiger partial charge in [-0.05, 0) is 31.5 Å². The molecule has 1 N–H and O–H groups in total. The molecule has 1 rings (SSSR count). The van der Waals surface area contributed by atoms with Crippen LogP contribution in [0, 0.1) is 11.3 Å². The van der Waals surface area contributed by atoms with Crippen LogP contribution >= 0.6 is 0 Å². The molecule has 0 aromatic heterocycles. The summed E-state index contributed by atoms with van der Waals surface area (Å²) in [6.45, 7) is 3.80. The topological polar surface area (TPSA) is 70.3 Å². The number of benzene rings is 1. The molecule has 0 bridgehead atoms. The Balaban J connectivity index is 3.06. The maximum absolute atomic E-state index is 11.0. The van der Waals surface area contributed by atoms with E-state index in [1.807, 2.05) is 6.92 Å². The highest BCUT2D eigenvalue weighted by Crippen LogP contribution is 2.25. The molecule has 0 aliphatic heterocycles. The smallest absolute Gasteiger partial charge is 0.328 e. The van der Waals surface area contributed by atoms with Crippen molar-refractivity contribution in [3.63, 3.8) is 0 Å². The van der Waals surface area contributed by atoms with Gasteiger partial charge in [-0.15, -0.1) is 0 Å². The lowest BCUT2D eigenvalue weighted by Gasteiger charge is -2.16. The SMILES string of the molecule is CCOc1ccc(C(C)(C#N)C(=O)O)cc1. The Hall–Kier alpha value is -2.02. The zero-order chi connectivity index (χ0) is 12.2. The zero-order valence-corrected chi connectivity index (χ0v) is 9.23. The van der Waals surface area contributed by atoms with Gasteiger partial charge in [0.25, 0.3) is 0 Å². The Labute approximate surface area is 94.1 Å². The number of carboxylic acid groups (broad SMARTS) is 1. The molecule has 0 radical (unpaired) electrons. The zero-order valence-electron chi connectivity index (χ0n) is 9.23. The fourth-order valence-corrected chi connectivity index (χ4v) is 1.29. The molecular weight excluding hydrogens is 206 g/mol. The van der Waals surface area contributed by atoms with Gasteiger partial charge in [-0.2, -0.15) is 5.26 Å². The Morgan fingerprint density at radius 2 is 2.06 bits per heavy atom. The fraction of sp³-hybridized carbons (Fsp3) is 0.333. The average Bonchev–Trinajstić information content (AvgIpc) is 2.29. The maximum Gasteiger partial charge on any atom is 0.328 e. The van der Waals surface area contributed by atoms with Crippen molar-refractivity contribution in [3.8, 4) is 11.8 Å². The van der Waals surface area contributed by atoms with E-state index in [0.717, 1.165) is 0 Å². The molecule has 0 heterocycles. The van der Waals surface area contributed by atoms with E-state index >= 15 is 0 Å². The summed E-state index contributed by atoms with van der Waals surface area (Å²) < 4.78 is 5.24. The second-order valence-electron chi connectivity index (χ2n) is 3.50. The minimum Gasteiger partial charge on any atom is -0.494 e. The van der Waals surface area contributed by atoms with Gasteiger partial charge in [-0.25, -0.2) is 0 Å². The molecule has 0 aliphatic carbocycles. The van der Waals surface area contributed by atoms with E-state index in [1.165, 1.54) is 6.92 Å². The van der Waals surface area contributed by atoms with Gasteiger partial charge in [-0.1, -0.05) is 12.1 Å². The molecule has 0 amide bonds. The summed E-state index contributed by atoms with van der Waals surface area (Å²) in [6.07, 6.45) is 0. The second-order valence-corrected chi connectivity index (χ2v) is 3.50. The first kappa shape index (κ1) is 12.1. The van der Waals surface area contributed by atoms with E-state index in [2.05, 4.69) is 0 Å². The van der Waals surface area contributed by atoms with Gasteiger partial charge in [0.05, 0.1) is 12.7 Å². The minimum atomic E-state index is -1.51. The number of aliphatic carboxylic acids is 1. The van der Waals surface area contributed by atoms with Crippen LogP contribution in [0.15, 0.2) is 24.3 Å². The first-order chi connectivity index (χ1) is 7.54. The van der Waals surface area contributed by atoms with E-state index in [9.17, 15) is 4.79 Å². The lowest BCUT2D eigenvalue weighted by atomic mass is 9.84. The number of carboxylic acids is 1. The molecule has 1 aromatic carbocycles. The number of nitriles is 1. The van der Waals surface area contributed by atoms with Gasteiger partial charge < -0.3 is 9.84 Å². The molecule has 4 heteroatoms. The van der Waals surface area contributed by atoms with Crippen LogP contribution in [0.1, 0.15) is 19.4 Å². The van der Waals surface area contributed by atoms with Crippen molar-refractivity contribution >= 4 is 5.97 Å². The van der Waals surface area contributed by atoms with E-state index in [-0.39, 0.29) is 0 Å². The van der Waals surface area contributed by atoms with Gasteiger partial charge in [-0.3, -0.25) is 4.79 Å². The Bertz CT molecular complexity index is 419. The third-order valence-electron chi connectivity index (χ3n) is 2.39. The number of ether oxygens (including phenoxy) is 1. The first-order valence-corrected chi connectivity index (χ1v) is 4.92. The van der Waals surface area contributed by atoms with Crippen molar-refractivity contribution in [3.05, 3.63) is 29.8 Å². The summed E-state index contributed by atoms with van der Waals surface area (Å²) in [6, 6.07) is 8.33. The Morgan fingerprint density at radius 3 is 2.44 bits per heavy atom. The van der Waals surface area contributed by atoms with Gasteiger partial charge >= 0.3 is 5.97 Å². The van der Waals surface area contributed by atoms with Crippen LogP contribution in [0.5, 0.6) is 5.75 Å². The largest absolute Gasteiger partial charge is 0.494 e. The maximum atomic E-state index is 11.0. The van der Waals surface area contributed by atoms with Crippen molar-refractivity contribution in [2.45, 2.75) is 19.3 Å². The van der Waals surface area contributed by atoms with Crippen LogP contribution in [0.3, 0.4) is 0 Å². The summed E-state index contributed by atoms with van der Waals surface area (Å²) in [7, 11) is 0. The lowest BCUT2D eigenvalue weighted by Crippen LogP contribution is -2.30. The molecule has 84 valence electrons. The van der Waals surface area contributed by atoms with E-state index in [1.54, 1.807) is 30.3 Å². The van der Waals surface area contributed by atoms with E-state index in [0.29, 0.717) is 17.9 Å². The van der Waals surface area contributed by atoms with Crippen molar-refractivity contribution in [1.29, 1.82) is 5.26 Å². The lowest BCUT2D eigenvalue weighted by molar-refractivity contribution is -0.141. The predicted molar refractivity (Wildman–Crippen MR) is 58.2 cm³/mol. The van der Waals surface area contributed by atoms with Gasteiger partial charge in [0.2, 0.25) is 0 Å². The van der Waals surface area contributed by atoms with Crippen molar-refractivity contribution in [2.24, 2.45) is 0 Å². The number of nitrogens with zero attached hydrogens (tertiary/aromatic N) is 1. The van der Waals surface area contributed by atoms with Crippen molar-refractivity contribution in [1.82, 2.24) is 0 Å². The highest BCUT2D eigenvalue weighted by atomic mass is 16.5. The van der Waals surface area contributed by atoms with Crippen LogP contribution in [0.25, 0.3) is 0 Å². The molecule has 0 fully saturated rings. The molecule has 0 spiro atoms. The van der Waals surface area contributed by atoms with Crippen LogP contribution in [-0.4, -0.2) is 17.7 Å². The summed E-state index contributed by atoms with van der Waals surface area (Å²) in [4.78, 5) is 11.0. The minimum absolute atomic E-state index is 0.450. The number of hydrogen-bond acceptors (Lipinski definition) is 3. The fourth-order valence-electron chi connectivity index (χ4n) is 1.29. The molecular formula is C12H13NO3. The molecule has 4 nitrogen and oxygen atoms in total. The average molecular weight is 219 g/mol. The van der Waals surface area contributed by atoms with Gasteiger partial charge in [0, 0.05) is 0 Å². The predicted octanol–water partition coefficient (Wildman–Crippen LogP) is 1.95. The quantitative estimate of drug-likeness (QED) is 0.840. The van der Waals surface area contributed by atoms with Gasteiger partial charge in [0.1, 0.15) is 5.75 Å². The summed E-state index contributed by atoms with van der Waals surface area (Å²) >= 11 is 0. The molecule has 1 aromatic rings. The van der Waals surface area contributed by atoms with E-state index in [4.69, 9.17) is 15.1 Å². The van der Waals surface area contributed by atoms with E-state index < -0.39 is 11.4 Å². The normalized spacial score (nSPS) is 13.6. The van der Waals surface area contributed by atoms with Crippen molar-refractivity contribution < 1.29 is 14.6 Å². The molecule has 0 aliphatic rings. The molecule has 0 saturated heterocycles. The van der Waals surface area contributed by atoms with Crippen LogP contribution in [0.2, 0.25) is 0 Å². The Morgan fingerprint density at radius 1 is 1.50 bits per heavy atom. The number of carbonyl (C=O) groups is 1. The summed E-state index contributed by atoms with van der Waals surface area (Å²) in [5, 5.41) is 17.9. The molecule has 16 heavy (non-hydrogen) atoms. The standard InChI is InChI=1S/C12H13NO3/c1-3-16-10-6-4-9(5-7-10)12(2,8-13)11(14)15/h4-7H,3H2,1-2H3,(H,14,15).